The summed E-state index contributed by atoms with van der Waals surface area (Å²) < 4.78 is 10.3. The second kappa shape index (κ2) is 8.63. The molecule has 0 aliphatic rings. The highest BCUT2D eigenvalue weighted by Gasteiger charge is 2.03. The van der Waals surface area contributed by atoms with E-state index in [4.69, 9.17) is 9.47 Å². The molecule has 0 atom stereocenters. The summed E-state index contributed by atoms with van der Waals surface area (Å²) in [5, 5.41) is 0. The molecule has 0 spiro atoms. The predicted octanol–water partition coefficient (Wildman–Crippen LogP) is 1.66. The number of carbonyl (C=O) groups excluding carboxylic acids is 2. The minimum atomic E-state index is -0.408. The van der Waals surface area contributed by atoms with E-state index in [0.717, 1.165) is 12.0 Å². The summed E-state index contributed by atoms with van der Waals surface area (Å²) in [4.78, 5) is 22.7. The van der Waals surface area contributed by atoms with E-state index in [1.807, 2.05) is 6.92 Å². The Bertz CT molecular complexity index is 526. The average molecular weight is 292 g/mol. The van der Waals surface area contributed by atoms with Crippen LogP contribution in [0.2, 0.25) is 0 Å². The number of hydrogen-bond acceptors (Lipinski definition) is 4. The maximum absolute atomic E-state index is 11.5. The van der Waals surface area contributed by atoms with Crippen LogP contribution in [0, 0.1) is 0 Å². The predicted molar refractivity (Wildman–Crippen MR) is 79.8 cm³/mol. The number of hydrogen-bond donors (Lipinski definition) is 2. The van der Waals surface area contributed by atoms with Gasteiger partial charge in [0.15, 0.2) is 11.5 Å². The summed E-state index contributed by atoms with van der Waals surface area (Å²) in [5.74, 6) is 0.571. The van der Waals surface area contributed by atoms with Crippen LogP contribution in [0.5, 0.6) is 11.5 Å². The number of nitrogens with one attached hydrogen (secondary N) is 2. The standard InChI is InChI=1S/C15H20N2O4/c1-4-5-14(18)16-17-15(19)9-7-11-6-8-12(20-2)13(10-11)21-3/h6-10H,4-5H2,1-3H3,(H,16,18)(H,17,19)/b9-7+. The smallest absolute Gasteiger partial charge is 0.262 e. The molecule has 0 bridgehead atoms. The van der Waals surface area contributed by atoms with E-state index in [-0.39, 0.29) is 5.91 Å². The third-order valence-corrected chi connectivity index (χ3v) is 2.64. The minimum absolute atomic E-state index is 0.217. The van der Waals surface area contributed by atoms with Crippen molar-refractivity contribution in [2.45, 2.75) is 19.8 Å². The van der Waals surface area contributed by atoms with E-state index in [0.29, 0.717) is 17.9 Å². The van der Waals surface area contributed by atoms with Crippen molar-refractivity contribution in [3.05, 3.63) is 29.8 Å². The Morgan fingerprint density at radius 1 is 1.14 bits per heavy atom. The molecule has 0 aromatic heterocycles. The van der Waals surface area contributed by atoms with Crippen molar-refractivity contribution in [2.75, 3.05) is 14.2 Å². The maximum Gasteiger partial charge on any atom is 0.262 e. The lowest BCUT2D eigenvalue weighted by molar-refractivity contribution is -0.126. The molecule has 21 heavy (non-hydrogen) atoms. The first kappa shape index (κ1) is 16.6. The third-order valence-electron chi connectivity index (χ3n) is 2.64. The van der Waals surface area contributed by atoms with Gasteiger partial charge in [0.2, 0.25) is 5.91 Å². The largest absolute Gasteiger partial charge is 0.493 e. The van der Waals surface area contributed by atoms with Gasteiger partial charge in [0.25, 0.3) is 5.91 Å². The van der Waals surface area contributed by atoms with E-state index >= 15 is 0 Å². The molecular formula is C15H20N2O4. The van der Waals surface area contributed by atoms with E-state index in [1.165, 1.54) is 6.08 Å². The first-order valence-electron chi connectivity index (χ1n) is 6.59. The number of carbonyl (C=O) groups is 2. The zero-order chi connectivity index (χ0) is 15.7. The first-order chi connectivity index (χ1) is 10.1. The second-order valence-electron chi connectivity index (χ2n) is 4.24. The van der Waals surface area contributed by atoms with Gasteiger partial charge >= 0.3 is 0 Å². The highest BCUT2D eigenvalue weighted by molar-refractivity contribution is 5.93. The topological polar surface area (TPSA) is 76.7 Å². The summed E-state index contributed by atoms with van der Waals surface area (Å²) in [6.07, 6.45) is 4.04. The normalized spacial score (nSPS) is 10.2. The highest BCUT2D eigenvalue weighted by atomic mass is 16.5. The molecule has 0 radical (unpaired) electrons. The van der Waals surface area contributed by atoms with Gasteiger partial charge < -0.3 is 9.47 Å². The van der Waals surface area contributed by atoms with Gasteiger partial charge in [0.1, 0.15) is 0 Å². The van der Waals surface area contributed by atoms with Crippen molar-refractivity contribution in [2.24, 2.45) is 0 Å². The number of hydrazine groups is 1. The Morgan fingerprint density at radius 2 is 1.86 bits per heavy atom. The molecule has 0 heterocycles. The fourth-order valence-corrected chi connectivity index (χ4v) is 1.59. The van der Waals surface area contributed by atoms with Gasteiger partial charge in [-0.15, -0.1) is 0 Å². The number of ether oxygens (including phenoxy) is 2. The average Bonchev–Trinajstić information content (AvgIpc) is 2.50. The van der Waals surface area contributed by atoms with Crippen LogP contribution in [-0.4, -0.2) is 26.0 Å². The van der Waals surface area contributed by atoms with Gasteiger partial charge in [-0.2, -0.15) is 0 Å². The number of benzene rings is 1. The molecule has 0 unspecified atom stereocenters. The molecule has 6 heteroatoms. The summed E-state index contributed by atoms with van der Waals surface area (Å²) in [6.45, 7) is 1.89. The van der Waals surface area contributed by atoms with Crippen molar-refractivity contribution in [1.82, 2.24) is 10.9 Å². The van der Waals surface area contributed by atoms with Gasteiger partial charge in [-0.1, -0.05) is 13.0 Å². The van der Waals surface area contributed by atoms with Crippen molar-refractivity contribution in [3.8, 4) is 11.5 Å². The molecule has 114 valence electrons. The molecule has 0 aliphatic heterocycles. The first-order valence-corrected chi connectivity index (χ1v) is 6.59. The van der Waals surface area contributed by atoms with Crippen molar-refractivity contribution in [1.29, 1.82) is 0 Å². The summed E-state index contributed by atoms with van der Waals surface area (Å²) in [6, 6.07) is 5.29. The molecule has 1 rings (SSSR count). The van der Waals surface area contributed by atoms with Crippen LogP contribution in [0.25, 0.3) is 6.08 Å². The Balaban J connectivity index is 2.59. The Labute approximate surface area is 124 Å². The number of amides is 2. The monoisotopic (exact) mass is 292 g/mol. The SMILES string of the molecule is CCCC(=O)NNC(=O)/C=C/c1ccc(OC)c(OC)c1. The van der Waals surface area contributed by atoms with Crippen LogP contribution in [0.1, 0.15) is 25.3 Å². The van der Waals surface area contributed by atoms with E-state index < -0.39 is 5.91 Å². The van der Waals surface area contributed by atoms with Crippen molar-refractivity contribution < 1.29 is 19.1 Å². The van der Waals surface area contributed by atoms with Crippen molar-refractivity contribution in [3.63, 3.8) is 0 Å². The molecule has 2 amide bonds. The molecular weight excluding hydrogens is 272 g/mol. The van der Waals surface area contributed by atoms with E-state index in [1.54, 1.807) is 38.5 Å². The highest BCUT2D eigenvalue weighted by Crippen LogP contribution is 2.27. The molecule has 0 fully saturated rings. The fourth-order valence-electron chi connectivity index (χ4n) is 1.59. The number of rotatable bonds is 6. The quantitative estimate of drug-likeness (QED) is 0.617. The molecule has 2 N–H and O–H groups in total. The molecule has 0 aliphatic carbocycles. The van der Waals surface area contributed by atoms with Crippen LogP contribution >= 0.6 is 0 Å². The summed E-state index contributed by atoms with van der Waals surface area (Å²) >= 11 is 0. The van der Waals surface area contributed by atoms with E-state index in [2.05, 4.69) is 10.9 Å². The van der Waals surface area contributed by atoms with Gasteiger partial charge in [-0.3, -0.25) is 20.4 Å². The maximum atomic E-state index is 11.5. The lowest BCUT2D eigenvalue weighted by Crippen LogP contribution is -2.40. The van der Waals surface area contributed by atoms with Crippen molar-refractivity contribution >= 4 is 17.9 Å². The van der Waals surface area contributed by atoms with Gasteiger partial charge in [-0.25, -0.2) is 0 Å². The van der Waals surface area contributed by atoms with Crippen LogP contribution in [0.3, 0.4) is 0 Å². The Hall–Kier alpha value is -2.50. The van der Waals surface area contributed by atoms with Gasteiger partial charge in [0.05, 0.1) is 14.2 Å². The Kier molecular flexibility index (Phi) is 6.80. The fraction of sp³-hybridized carbons (Fsp3) is 0.333. The summed E-state index contributed by atoms with van der Waals surface area (Å²) in [5.41, 5.74) is 5.41. The van der Waals surface area contributed by atoms with Crippen LogP contribution in [-0.2, 0) is 9.59 Å². The van der Waals surface area contributed by atoms with Gasteiger partial charge in [0, 0.05) is 12.5 Å². The third kappa shape index (κ3) is 5.56. The van der Waals surface area contributed by atoms with Crippen LogP contribution < -0.4 is 20.3 Å². The lowest BCUT2D eigenvalue weighted by Gasteiger charge is -2.07. The van der Waals surface area contributed by atoms with Crippen LogP contribution in [0.4, 0.5) is 0 Å². The molecule has 1 aromatic rings. The Morgan fingerprint density at radius 3 is 2.48 bits per heavy atom. The van der Waals surface area contributed by atoms with Gasteiger partial charge in [-0.05, 0) is 30.2 Å². The molecule has 0 saturated heterocycles. The molecule has 1 aromatic carbocycles. The number of methoxy groups -OCH3 is 2. The molecule has 0 saturated carbocycles. The van der Waals surface area contributed by atoms with E-state index in [9.17, 15) is 9.59 Å². The molecule has 6 nitrogen and oxygen atoms in total. The minimum Gasteiger partial charge on any atom is -0.493 e. The second-order valence-corrected chi connectivity index (χ2v) is 4.24. The lowest BCUT2D eigenvalue weighted by atomic mass is 10.2. The zero-order valence-electron chi connectivity index (χ0n) is 12.4. The zero-order valence-corrected chi connectivity index (χ0v) is 12.4. The summed E-state index contributed by atoms with van der Waals surface area (Å²) in [7, 11) is 3.10. The van der Waals surface area contributed by atoms with Crippen LogP contribution in [0.15, 0.2) is 24.3 Å².